The van der Waals surface area contributed by atoms with Crippen molar-refractivity contribution in [2.24, 2.45) is 5.92 Å². The van der Waals surface area contributed by atoms with Crippen molar-refractivity contribution >= 4 is 10.0 Å². The second-order valence-electron chi connectivity index (χ2n) is 4.01. The number of aliphatic hydroxyl groups excluding tert-OH is 1. The van der Waals surface area contributed by atoms with Crippen molar-refractivity contribution in [3.8, 4) is 0 Å². The molecule has 16 heavy (non-hydrogen) atoms. The Labute approximate surface area is 95.6 Å². The van der Waals surface area contributed by atoms with Crippen LogP contribution in [0.15, 0.2) is 35.2 Å². The quantitative estimate of drug-likeness (QED) is 0.847. The van der Waals surface area contributed by atoms with Crippen molar-refractivity contribution in [2.45, 2.75) is 11.3 Å². The molecular weight excluding hydrogens is 226 g/mol. The van der Waals surface area contributed by atoms with Gasteiger partial charge in [0.15, 0.2) is 0 Å². The van der Waals surface area contributed by atoms with Crippen LogP contribution in [0.25, 0.3) is 0 Å². The summed E-state index contributed by atoms with van der Waals surface area (Å²) in [4.78, 5) is 0.327. The van der Waals surface area contributed by atoms with E-state index in [2.05, 4.69) is 0 Å². The lowest BCUT2D eigenvalue weighted by atomic mass is 10.1. The first-order valence-corrected chi connectivity index (χ1v) is 6.74. The number of benzene rings is 1. The fourth-order valence-electron chi connectivity index (χ4n) is 1.91. The first-order chi connectivity index (χ1) is 7.64. The third-order valence-corrected chi connectivity index (χ3v) is 4.77. The van der Waals surface area contributed by atoms with Crippen molar-refractivity contribution < 1.29 is 13.5 Å². The van der Waals surface area contributed by atoms with E-state index in [0.29, 0.717) is 18.0 Å². The third kappa shape index (κ3) is 2.11. The van der Waals surface area contributed by atoms with Crippen LogP contribution in [0, 0.1) is 5.92 Å². The first-order valence-electron chi connectivity index (χ1n) is 5.30. The Balaban J connectivity index is 2.21. The van der Waals surface area contributed by atoms with E-state index >= 15 is 0 Å². The van der Waals surface area contributed by atoms with Gasteiger partial charge in [-0.1, -0.05) is 18.2 Å². The maximum absolute atomic E-state index is 12.1. The minimum absolute atomic E-state index is 0.0564. The molecule has 0 aliphatic carbocycles. The molecule has 0 amide bonds. The average molecular weight is 241 g/mol. The summed E-state index contributed by atoms with van der Waals surface area (Å²) in [5, 5.41) is 9.00. The van der Waals surface area contributed by atoms with Crippen molar-refractivity contribution in [1.29, 1.82) is 0 Å². The second kappa shape index (κ2) is 4.53. The molecule has 5 heteroatoms. The number of aliphatic hydroxyl groups is 1. The van der Waals surface area contributed by atoms with Gasteiger partial charge in [0, 0.05) is 19.7 Å². The van der Waals surface area contributed by atoms with E-state index < -0.39 is 10.0 Å². The fraction of sp³-hybridized carbons (Fsp3) is 0.455. The average Bonchev–Trinajstić information content (AvgIpc) is 2.79. The Morgan fingerprint density at radius 2 is 2.00 bits per heavy atom. The summed E-state index contributed by atoms with van der Waals surface area (Å²) in [6.45, 7) is 0.983. The van der Waals surface area contributed by atoms with Crippen LogP contribution in [0.1, 0.15) is 6.42 Å². The standard InChI is InChI=1S/C11H15NO3S/c13-9-10-6-7-12(8-10)16(14,15)11-4-2-1-3-5-11/h1-5,10,13H,6-9H2. The Morgan fingerprint density at radius 3 is 2.56 bits per heavy atom. The molecule has 1 aromatic carbocycles. The topological polar surface area (TPSA) is 57.6 Å². The largest absolute Gasteiger partial charge is 0.396 e. The van der Waals surface area contributed by atoms with E-state index in [1.54, 1.807) is 30.3 Å². The molecule has 1 aliphatic heterocycles. The van der Waals surface area contributed by atoms with E-state index in [-0.39, 0.29) is 12.5 Å². The third-order valence-electron chi connectivity index (χ3n) is 2.89. The van der Waals surface area contributed by atoms with Gasteiger partial charge in [-0.05, 0) is 24.5 Å². The van der Waals surface area contributed by atoms with Crippen LogP contribution < -0.4 is 0 Å². The maximum Gasteiger partial charge on any atom is 0.243 e. The molecule has 1 N–H and O–H groups in total. The number of rotatable bonds is 3. The van der Waals surface area contributed by atoms with E-state index in [9.17, 15) is 8.42 Å². The van der Waals surface area contributed by atoms with Crippen LogP contribution in [0.3, 0.4) is 0 Å². The van der Waals surface area contributed by atoms with Crippen LogP contribution in [0.2, 0.25) is 0 Å². The minimum atomic E-state index is -3.36. The summed E-state index contributed by atoms with van der Waals surface area (Å²) in [6.07, 6.45) is 0.739. The molecule has 1 aromatic rings. The molecule has 4 nitrogen and oxygen atoms in total. The number of hydrogen-bond acceptors (Lipinski definition) is 3. The van der Waals surface area contributed by atoms with Gasteiger partial charge in [-0.2, -0.15) is 4.31 Å². The van der Waals surface area contributed by atoms with E-state index in [1.165, 1.54) is 4.31 Å². The highest BCUT2D eigenvalue weighted by Crippen LogP contribution is 2.23. The lowest BCUT2D eigenvalue weighted by Crippen LogP contribution is -2.29. The molecule has 1 saturated heterocycles. The van der Waals surface area contributed by atoms with Crippen LogP contribution >= 0.6 is 0 Å². The van der Waals surface area contributed by atoms with Gasteiger partial charge in [0.25, 0.3) is 0 Å². The highest BCUT2D eigenvalue weighted by molar-refractivity contribution is 7.89. The molecular formula is C11H15NO3S. The van der Waals surface area contributed by atoms with Crippen molar-refractivity contribution in [3.63, 3.8) is 0 Å². The Hall–Kier alpha value is -0.910. The molecule has 0 saturated carbocycles. The summed E-state index contributed by atoms with van der Waals surface area (Å²) in [5.41, 5.74) is 0. The van der Waals surface area contributed by atoms with E-state index in [4.69, 9.17) is 5.11 Å². The molecule has 1 unspecified atom stereocenters. The molecule has 0 radical (unpaired) electrons. The monoisotopic (exact) mass is 241 g/mol. The first kappa shape index (κ1) is 11.6. The van der Waals surface area contributed by atoms with Crippen LogP contribution in [-0.4, -0.2) is 37.5 Å². The van der Waals surface area contributed by atoms with Crippen LogP contribution in [0.5, 0.6) is 0 Å². The molecule has 0 aromatic heterocycles. The molecule has 1 heterocycles. The smallest absolute Gasteiger partial charge is 0.243 e. The van der Waals surface area contributed by atoms with Crippen LogP contribution in [0.4, 0.5) is 0 Å². The number of nitrogens with zero attached hydrogens (tertiary/aromatic N) is 1. The normalized spacial score (nSPS) is 22.4. The van der Waals surface area contributed by atoms with E-state index in [0.717, 1.165) is 6.42 Å². The predicted octanol–water partition coefficient (Wildman–Crippen LogP) is 0.690. The zero-order chi connectivity index (χ0) is 11.6. The van der Waals surface area contributed by atoms with Gasteiger partial charge in [-0.3, -0.25) is 0 Å². The van der Waals surface area contributed by atoms with Crippen molar-refractivity contribution in [2.75, 3.05) is 19.7 Å². The summed E-state index contributed by atoms with van der Waals surface area (Å²) in [5.74, 6) is 0.0819. The lowest BCUT2D eigenvalue weighted by Gasteiger charge is -2.16. The molecule has 1 aliphatic rings. The maximum atomic E-state index is 12.1. The minimum Gasteiger partial charge on any atom is -0.396 e. The van der Waals surface area contributed by atoms with Gasteiger partial charge >= 0.3 is 0 Å². The predicted molar refractivity (Wildman–Crippen MR) is 60.4 cm³/mol. The molecule has 0 spiro atoms. The fourth-order valence-corrected chi connectivity index (χ4v) is 3.46. The number of hydrogen-bond donors (Lipinski definition) is 1. The summed E-state index contributed by atoms with van der Waals surface area (Å²) in [6, 6.07) is 8.42. The van der Waals surface area contributed by atoms with Gasteiger partial charge in [-0.15, -0.1) is 0 Å². The van der Waals surface area contributed by atoms with E-state index in [1.807, 2.05) is 0 Å². The van der Waals surface area contributed by atoms with Gasteiger partial charge in [-0.25, -0.2) is 8.42 Å². The lowest BCUT2D eigenvalue weighted by molar-refractivity contribution is 0.233. The van der Waals surface area contributed by atoms with Crippen LogP contribution in [-0.2, 0) is 10.0 Å². The van der Waals surface area contributed by atoms with Crippen molar-refractivity contribution in [3.05, 3.63) is 30.3 Å². The Kier molecular flexibility index (Phi) is 3.28. The number of sulfonamides is 1. The van der Waals surface area contributed by atoms with Gasteiger partial charge in [0.2, 0.25) is 10.0 Å². The zero-order valence-corrected chi connectivity index (χ0v) is 9.73. The summed E-state index contributed by atoms with van der Waals surface area (Å²) < 4.78 is 25.7. The highest BCUT2D eigenvalue weighted by Gasteiger charge is 2.31. The SMILES string of the molecule is O=S(=O)(c1ccccc1)N1CCC(CO)C1. The molecule has 1 atom stereocenters. The summed E-state index contributed by atoms with van der Waals surface area (Å²) in [7, 11) is -3.36. The second-order valence-corrected chi connectivity index (χ2v) is 5.95. The molecule has 0 bridgehead atoms. The molecule has 2 rings (SSSR count). The molecule has 1 fully saturated rings. The zero-order valence-electron chi connectivity index (χ0n) is 8.91. The Morgan fingerprint density at radius 1 is 1.31 bits per heavy atom. The Bertz CT molecular complexity index is 444. The molecule has 88 valence electrons. The van der Waals surface area contributed by atoms with Crippen molar-refractivity contribution in [1.82, 2.24) is 4.31 Å². The van der Waals surface area contributed by atoms with Gasteiger partial charge in [0.1, 0.15) is 0 Å². The summed E-state index contributed by atoms with van der Waals surface area (Å²) >= 11 is 0. The van der Waals surface area contributed by atoms with Gasteiger partial charge in [0.05, 0.1) is 4.90 Å². The highest BCUT2D eigenvalue weighted by atomic mass is 32.2. The van der Waals surface area contributed by atoms with Gasteiger partial charge < -0.3 is 5.11 Å².